The predicted octanol–water partition coefficient (Wildman–Crippen LogP) is 1.66. The highest BCUT2D eigenvalue weighted by Gasteiger charge is 2.41. The second kappa shape index (κ2) is 10.5. The van der Waals surface area contributed by atoms with Crippen LogP contribution in [0, 0.1) is 5.92 Å². The van der Waals surface area contributed by atoms with Crippen molar-refractivity contribution in [1.29, 1.82) is 0 Å². The lowest BCUT2D eigenvalue weighted by Gasteiger charge is -2.39. The third-order valence-electron chi connectivity index (χ3n) is 4.59. The molecule has 0 aromatic carbocycles. The molecule has 152 valence electrons. The molecule has 0 aromatic rings. The van der Waals surface area contributed by atoms with Crippen LogP contribution in [0.4, 0.5) is 13.2 Å². The number of halogens is 4. The summed E-state index contributed by atoms with van der Waals surface area (Å²) >= 11 is 0. The number of amides is 1. The van der Waals surface area contributed by atoms with E-state index in [1.807, 2.05) is 11.8 Å². The molecular weight excluding hydrogens is 462 g/mol. The molecule has 0 aromatic heterocycles. The fourth-order valence-corrected chi connectivity index (χ4v) is 2.78. The van der Waals surface area contributed by atoms with E-state index in [0.29, 0.717) is 51.8 Å². The monoisotopic (exact) mass is 491 g/mol. The highest BCUT2D eigenvalue weighted by Crippen LogP contribution is 2.28. The first-order chi connectivity index (χ1) is 11.8. The van der Waals surface area contributed by atoms with Gasteiger partial charge in [-0.1, -0.05) is 0 Å². The lowest BCUT2D eigenvalue weighted by Crippen LogP contribution is -2.56. The molecule has 26 heavy (non-hydrogen) atoms. The number of guanidine groups is 1. The standard InChI is InChI=1S/C16H28F3N5O.HI/c1-3-20-15(22-7-6-21-14(25)13-4-5-13)24-10-8-23(9-11-24)12(2)16(17,18)19;/h12-13H,3-11H2,1-2H3,(H,20,22)(H,21,25);1H. The molecule has 1 atom stereocenters. The van der Waals surface area contributed by atoms with Gasteiger partial charge >= 0.3 is 6.18 Å². The average molecular weight is 491 g/mol. The predicted molar refractivity (Wildman–Crippen MR) is 106 cm³/mol. The number of alkyl halides is 3. The minimum absolute atomic E-state index is 0. The van der Waals surface area contributed by atoms with Gasteiger partial charge < -0.3 is 15.5 Å². The molecule has 1 aliphatic heterocycles. The van der Waals surface area contributed by atoms with Gasteiger partial charge in [-0.25, -0.2) is 0 Å². The van der Waals surface area contributed by atoms with E-state index in [-0.39, 0.29) is 35.8 Å². The normalized spacial score (nSPS) is 20.3. The van der Waals surface area contributed by atoms with Crippen molar-refractivity contribution in [3.8, 4) is 0 Å². The zero-order valence-corrected chi connectivity index (χ0v) is 17.6. The summed E-state index contributed by atoms with van der Waals surface area (Å²) in [6, 6.07) is -1.42. The molecule has 1 unspecified atom stereocenters. The first kappa shape index (κ1) is 23.3. The summed E-state index contributed by atoms with van der Waals surface area (Å²) in [7, 11) is 0. The van der Waals surface area contributed by atoms with Gasteiger partial charge in [0, 0.05) is 45.2 Å². The van der Waals surface area contributed by atoms with Crippen molar-refractivity contribution in [2.75, 3.05) is 45.8 Å². The number of hydrogen-bond acceptors (Lipinski definition) is 3. The van der Waals surface area contributed by atoms with E-state index >= 15 is 0 Å². The number of nitrogens with zero attached hydrogens (tertiary/aromatic N) is 3. The van der Waals surface area contributed by atoms with Gasteiger partial charge in [-0.2, -0.15) is 13.2 Å². The minimum Gasteiger partial charge on any atom is -0.357 e. The van der Waals surface area contributed by atoms with Crippen LogP contribution in [-0.2, 0) is 4.79 Å². The lowest BCUT2D eigenvalue weighted by molar-refractivity contribution is -0.181. The van der Waals surface area contributed by atoms with Crippen molar-refractivity contribution in [2.24, 2.45) is 10.9 Å². The molecule has 1 saturated heterocycles. The van der Waals surface area contributed by atoms with Crippen LogP contribution in [0.2, 0.25) is 0 Å². The number of piperazine rings is 1. The van der Waals surface area contributed by atoms with Gasteiger partial charge in [0.25, 0.3) is 0 Å². The Kier molecular flexibility index (Phi) is 9.42. The summed E-state index contributed by atoms with van der Waals surface area (Å²) in [4.78, 5) is 19.5. The first-order valence-electron chi connectivity index (χ1n) is 8.94. The summed E-state index contributed by atoms with van der Waals surface area (Å²) in [6.07, 6.45) is -2.25. The van der Waals surface area contributed by atoms with E-state index < -0.39 is 12.2 Å². The minimum atomic E-state index is -4.19. The van der Waals surface area contributed by atoms with Gasteiger partial charge in [0.05, 0.1) is 6.54 Å². The highest BCUT2D eigenvalue weighted by atomic mass is 127. The number of hydrogen-bond donors (Lipinski definition) is 2. The molecule has 2 rings (SSSR count). The van der Waals surface area contributed by atoms with Crippen LogP contribution in [0.15, 0.2) is 4.99 Å². The van der Waals surface area contributed by atoms with Crippen LogP contribution >= 0.6 is 24.0 Å². The molecule has 0 radical (unpaired) electrons. The van der Waals surface area contributed by atoms with Crippen LogP contribution in [-0.4, -0.2) is 79.7 Å². The number of carbonyl (C=O) groups is 1. The van der Waals surface area contributed by atoms with Crippen LogP contribution in [0.1, 0.15) is 26.7 Å². The average Bonchev–Trinajstić information content (AvgIpc) is 3.41. The van der Waals surface area contributed by atoms with Gasteiger partial charge in [0.2, 0.25) is 5.91 Å². The Morgan fingerprint density at radius 3 is 2.31 bits per heavy atom. The van der Waals surface area contributed by atoms with Gasteiger partial charge in [-0.15, -0.1) is 24.0 Å². The molecule has 2 N–H and O–H groups in total. The summed E-state index contributed by atoms with van der Waals surface area (Å²) in [5.41, 5.74) is 0. The second-order valence-corrected chi connectivity index (χ2v) is 6.54. The first-order valence-corrected chi connectivity index (χ1v) is 8.94. The largest absolute Gasteiger partial charge is 0.403 e. The number of carbonyl (C=O) groups excluding carboxylic acids is 1. The van der Waals surface area contributed by atoms with Crippen LogP contribution < -0.4 is 10.6 Å². The maximum absolute atomic E-state index is 12.8. The van der Waals surface area contributed by atoms with Crippen LogP contribution in [0.25, 0.3) is 0 Å². The van der Waals surface area contributed by atoms with Gasteiger partial charge in [0.1, 0.15) is 6.04 Å². The fraction of sp³-hybridized carbons (Fsp3) is 0.875. The van der Waals surface area contributed by atoms with Crippen molar-refractivity contribution in [1.82, 2.24) is 20.4 Å². The van der Waals surface area contributed by atoms with E-state index in [4.69, 9.17) is 0 Å². The van der Waals surface area contributed by atoms with Crippen LogP contribution in [0.3, 0.4) is 0 Å². The molecule has 0 bridgehead atoms. The highest BCUT2D eigenvalue weighted by molar-refractivity contribution is 14.0. The van der Waals surface area contributed by atoms with Crippen molar-refractivity contribution in [3.63, 3.8) is 0 Å². The Bertz CT molecular complexity index is 477. The molecule has 1 amide bonds. The van der Waals surface area contributed by atoms with Gasteiger partial charge in [-0.3, -0.25) is 14.7 Å². The Morgan fingerprint density at radius 1 is 1.19 bits per heavy atom. The lowest BCUT2D eigenvalue weighted by atomic mass is 10.2. The molecule has 10 heteroatoms. The molecular formula is C16H29F3IN5O. The second-order valence-electron chi connectivity index (χ2n) is 6.54. The Morgan fingerprint density at radius 2 is 1.81 bits per heavy atom. The zero-order valence-electron chi connectivity index (χ0n) is 15.3. The van der Waals surface area contributed by atoms with E-state index in [9.17, 15) is 18.0 Å². The summed E-state index contributed by atoms with van der Waals surface area (Å²) in [5, 5.41) is 6.03. The van der Waals surface area contributed by atoms with Crippen LogP contribution in [0.5, 0.6) is 0 Å². The number of nitrogens with one attached hydrogen (secondary N) is 2. The third kappa shape index (κ3) is 7.09. The maximum Gasteiger partial charge on any atom is 0.403 e. The zero-order chi connectivity index (χ0) is 18.4. The van der Waals surface area contributed by atoms with Gasteiger partial charge in [-0.05, 0) is 26.7 Å². The summed E-state index contributed by atoms with van der Waals surface area (Å²) < 4.78 is 38.4. The van der Waals surface area contributed by atoms with Gasteiger partial charge in [0.15, 0.2) is 5.96 Å². The molecule has 1 saturated carbocycles. The molecule has 1 aliphatic carbocycles. The SMILES string of the molecule is CCNC(=NCCNC(=O)C1CC1)N1CCN(C(C)C(F)(F)F)CC1.I. The summed E-state index contributed by atoms with van der Waals surface area (Å²) in [5.74, 6) is 0.971. The molecule has 0 spiro atoms. The molecule has 2 fully saturated rings. The third-order valence-corrected chi connectivity index (χ3v) is 4.59. The summed E-state index contributed by atoms with van der Waals surface area (Å²) in [6.45, 7) is 6.49. The topological polar surface area (TPSA) is 60.0 Å². The molecule has 6 nitrogen and oxygen atoms in total. The van der Waals surface area contributed by atoms with Crippen molar-refractivity contribution < 1.29 is 18.0 Å². The Balaban J connectivity index is 0.00000338. The smallest absolute Gasteiger partial charge is 0.357 e. The maximum atomic E-state index is 12.8. The van der Waals surface area contributed by atoms with E-state index in [1.165, 1.54) is 11.8 Å². The van der Waals surface area contributed by atoms with E-state index in [2.05, 4.69) is 15.6 Å². The number of aliphatic imine (C=N–C) groups is 1. The fourth-order valence-electron chi connectivity index (χ4n) is 2.78. The quantitative estimate of drug-likeness (QED) is 0.257. The molecule has 2 aliphatic rings. The Labute approximate surface area is 170 Å². The van der Waals surface area contributed by atoms with Crippen molar-refractivity contribution in [2.45, 2.75) is 38.9 Å². The Hall–Kier alpha value is -0.780. The number of rotatable bonds is 6. The van der Waals surface area contributed by atoms with E-state index in [0.717, 1.165) is 12.8 Å². The molecule has 1 heterocycles. The van der Waals surface area contributed by atoms with Crippen molar-refractivity contribution in [3.05, 3.63) is 0 Å². The van der Waals surface area contributed by atoms with E-state index in [1.54, 1.807) is 0 Å². The van der Waals surface area contributed by atoms with Crippen molar-refractivity contribution >= 4 is 35.8 Å².